The molecule has 0 aliphatic heterocycles. The zero-order valence-electron chi connectivity index (χ0n) is 11.1. The molecule has 1 amide bonds. The van der Waals surface area contributed by atoms with Crippen LogP contribution in [-0.2, 0) is 11.3 Å². The van der Waals surface area contributed by atoms with Gasteiger partial charge in [0.2, 0.25) is 5.91 Å². The molecule has 0 unspecified atom stereocenters. The Morgan fingerprint density at radius 1 is 1.58 bits per heavy atom. The minimum absolute atomic E-state index is 0.0257. The fraction of sp³-hybridized carbons (Fsp3) is 0.538. The van der Waals surface area contributed by atoms with E-state index in [4.69, 9.17) is 5.73 Å². The maximum Gasteiger partial charge on any atom is 0.265 e. The number of pyridine rings is 1. The van der Waals surface area contributed by atoms with Crippen LogP contribution >= 0.6 is 15.9 Å². The molecule has 2 rings (SSSR count). The standard InChI is InChI=1S/C13H18BrN3O2/c1-3-17(9-4-5-9)11(18)7-16-6-10(15)8(2)12(14)13(16)19/h6,9H,3-5,7,15H2,1-2H3. The minimum atomic E-state index is -0.216. The average Bonchev–Trinajstić information content (AvgIpc) is 3.19. The highest BCUT2D eigenvalue weighted by atomic mass is 79.9. The van der Waals surface area contributed by atoms with Gasteiger partial charge in [-0.3, -0.25) is 9.59 Å². The number of anilines is 1. The van der Waals surface area contributed by atoms with Gasteiger partial charge in [0.05, 0.1) is 10.2 Å². The first-order chi connectivity index (χ1) is 8.95. The van der Waals surface area contributed by atoms with Gasteiger partial charge in [0.25, 0.3) is 5.56 Å². The Kier molecular flexibility index (Phi) is 3.99. The summed E-state index contributed by atoms with van der Waals surface area (Å²) in [6.45, 7) is 4.46. The molecular weight excluding hydrogens is 310 g/mol. The van der Waals surface area contributed by atoms with Crippen molar-refractivity contribution in [3.8, 4) is 0 Å². The predicted octanol–water partition coefficient (Wildman–Crippen LogP) is 1.51. The van der Waals surface area contributed by atoms with Gasteiger partial charge in [-0.25, -0.2) is 0 Å². The lowest BCUT2D eigenvalue weighted by atomic mass is 10.2. The molecule has 1 saturated carbocycles. The summed E-state index contributed by atoms with van der Waals surface area (Å²) in [6.07, 6.45) is 3.67. The molecule has 2 N–H and O–H groups in total. The quantitative estimate of drug-likeness (QED) is 0.911. The Bertz CT molecular complexity index is 564. The summed E-state index contributed by atoms with van der Waals surface area (Å²) in [5.41, 5.74) is 6.84. The van der Waals surface area contributed by atoms with E-state index < -0.39 is 0 Å². The molecule has 6 heteroatoms. The van der Waals surface area contributed by atoms with Crippen LogP contribution in [0.5, 0.6) is 0 Å². The van der Waals surface area contributed by atoms with E-state index in [9.17, 15) is 9.59 Å². The molecule has 19 heavy (non-hydrogen) atoms. The number of carbonyl (C=O) groups is 1. The number of likely N-dealkylation sites (N-methyl/N-ethyl adjacent to an activating group) is 1. The molecule has 0 saturated heterocycles. The molecule has 1 aromatic rings. The number of carbonyl (C=O) groups excluding carboxylic acids is 1. The lowest BCUT2D eigenvalue weighted by molar-refractivity contribution is -0.132. The summed E-state index contributed by atoms with van der Waals surface area (Å²) >= 11 is 3.23. The van der Waals surface area contributed by atoms with Gasteiger partial charge in [0.15, 0.2) is 0 Å². The van der Waals surface area contributed by atoms with E-state index in [1.165, 1.54) is 4.57 Å². The van der Waals surface area contributed by atoms with Gasteiger partial charge in [-0.05, 0) is 48.2 Å². The van der Waals surface area contributed by atoms with Crippen molar-refractivity contribution in [1.29, 1.82) is 0 Å². The van der Waals surface area contributed by atoms with Gasteiger partial charge in [-0.15, -0.1) is 0 Å². The van der Waals surface area contributed by atoms with Crippen LogP contribution in [-0.4, -0.2) is 28.0 Å². The third-order valence-corrected chi connectivity index (χ3v) is 4.39. The summed E-state index contributed by atoms with van der Waals surface area (Å²) in [5.74, 6) is -0.0257. The molecule has 1 aliphatic rings. The number of rotatable bonds is 4. The van der Waals surface area contributed by atoms with Gasteiger partial charge in [-0.2, -0.15) is 0 Å². The number of nitrogen functional groups attached to an aromatic ring is 1. The zero-order valence-corrected chi connectivity index (χ0v) is 12.7. The average molecular weight is 328 g/mol. The maximum atomic E-state index is 12.2. The number of halogens is 1. The van der Waals surface area contributed by atoms with E-state index in [-0.39, 0.29) is 18.0 Å². The monoisotopic (exact) mass is 327 g/mol. The third kappa shape index (κ3) is 2.83. The first kappa shape index (κ1) is 14.1. The van der Waals surface area contributed by atoms with Crippen LogP contribution < -0.4 is 11.3 Å². The lowest BCUT2D eigenvalue weighted by Gasteiger charge is -2.21. The van der Waals surface area contributed by atoms with Crippen molar-refractivity contribution >= 4 is 27.5 Å². The Balaban J connectivity index is 2.24. The first-order valence-corrected chi connectivity index (χ1v) is 7.19. The Labute approximate surface area is 120 Å². The number of amides is 1. The van der Waals surface area contributed by atoms with Crippen molar-refractivity contribution in [3.63, 3.8) is 0 Å². The molecule has 0 radical (unpaired) electrons. The van der Waals surface area contributed by atoms with Crippen molar-refractivity contribution in [2.24, 2.45) is 0 Å². The van der Waals surface area contributed by atoms with Crippen molar-refractivity contribution in [3.05, 3.63) is 26.6 Å². The Morgan fingerprint density at radius 3 is 2.74 bits per heavy atom. The first-order valence-electron chi connectivity index (χ1n) is 6.40. The highest BCUT2D eigenvalue weighted by Gasteiger charge is 2.31. The van der Waals surface area contributed by atoms with Crippen LogP contribution in [0.15, 0.2) is 15.5 Å². The molecule has 0 bridgehead atoms. The fourth-order valence-corrected chi connectivity index (χ4v) is 2.57. The fourth-order valence-electron chi connectivity index (χ4n) is 2.11. The van der Waals surface area contributed by atoms with E-state index in [2.05, 4.69) is 15.9 Å². The minimum Gasteiger partial charge on any atom is -0.397 e. The molecular formula is C13H18BrN3O2. The van der Waals surface area contributed by atoms with Crippen LogP contribution in [0.1, 0.15) is 25.3 Å². The summed E-state index contributed by atoms with van der Waals surface area (Å²) in [6, 6.07) is 0.361. The second kappa shape index (κ2) is 5.36. The SMILES string of the molecule is CCN(C(=O)Cn1cc(N)c(C)c(Br)c1=O)C1CC1. The number of nitrogens with zero attached hydrogens (tertiary/aromatic N) is 2. The van der Waals surface area contributed by atoms with Crippen LogP contribution in [0.4, 0.5) is 5.69 Å². The highest BCUT2D eigenvalue weighted by molar-refractivity contribution is 9.10. The molecule has 1 heterocycles. The molecule has 1 aliphatic carbocycles. The molecule has 0 spiro atoms. The molecule has 5 nitrogen and oxygen atoms in total. The summed E-state index contributed by atoms with van der Waals surface area (Å²) < 4.78 is 1.80. The van der Waals surface area contributed by atoms with Gasteiger partial charge < -0.3 is 15.2 Å². The normalized spacial score (nSPS) is 14.5. The second-order valence-corrected chi connectivity index (χ2v) is 5.66. The summed E-state index contributed by atoms with van der Waals surface area (Å²) in [4.78, 5) is 26.1. The summed E-state index contributed by atoms with van der Waals surface area (Å²) in [5, 5.41) is 0. The van der Waals surface area contributed by atoms with E-state index >= 15 is 0 Å². The second-order valence-electron chi connectivity index (χ2n) is 4.87. The van der Waals surface area contributed by atoms with Gasteiger partial charge in [0, 0.05) is 18.8 Å². The molecule has 0 atom stereocenters. The van der Waals surface area contributed by atoms with Gasteiger partial charge in [-0.1, -0.05) is 0 Å². The van der Waals surface area contributed by atoms with Crippen LogP contribution in [0.3, 0.4) is 0 Å². The smallest absolute Gasteiger partial charge is 0.265 e. The van der Waals surface area contributed by atoms with Crippen LogP contribution in [0.2, 0.25) is 0 Å². The maximum absolute atomic E-state index is 12.2. The number of hydrogen-bond donors (Lipinski definition) is 1. The van der Waals surface area contributed by atoms with Crippen molar-refractivity contribution in [1.82, 2.24) is 9.47 Å². The lowest BCUT2D eigenvalue weighted by Crippen LogP contribution is -2.38. The predicted molar refractivity (Wildman–Crippen MR) is 78.0 cm³/mol. The Morgan fingerprint density at radius 2 is 2.21 bits per heavy atom. The largest absolute Gasteiger partial charge is 0.397 e. The van der Waals surface area contributed by atoms with Crippen molar-refractivity contribution < 1.29 is 4.79 Å². The van der Waals surface area contributed by atoms with Crippen LogP contribution in [0, 0.1) is 6.92 Å². The number of nitrogens with two attached hydrogens (primary N) is 1. The van der Waals surface area contributed by atoms with E-state index in [1.807, 2.05) is 11.8 Å². The van der Waals surface area contributed by atoms with E-state index in [0.29, 0.717) is 28.3 Å². The molecule has 0 aromatic carbocycles. The zero-order chi connectivity index (χ0) is 14.2. The molecule has 1 fully saturated rings. The highest BCUT2D eigenvalue weighted by Crippen LogP contribution is 2.26. The van der Waals surface area contributed by atoms with Crippen molar-refractivity contribution in [2.45, 2.75) is 39.3 Å². The van der Waals surface area contributed by atoms with Gasteiger partial charge >= 0.3 is 0 Å². The van der Waals surface area contributed by atoms with Gasteiger partial charge in [0.1, 0.15) is 6.54 Å². The third-order valence-electron chi connectivity index (χ3n) is 3.46. The molecule has 104 valence electrons. The van der Waals surface area contributed by atoms with E-state index in [1.54, 1.807) is 13.1 Å². The van der Waals surface area contributed by atoms with Crippen molar-refractivity contribution in [2.75, 3.05) is 12.3 Å². The Hall–Kier alpha value is -1.30. The van der Waals surface area contributed by atoms with Crippen LogP contribution in [0.25, 0.3) is 0 Å². The van der Waals surface area contributed by atoms with E-state index in [0.717, 1.165) is 12.8 Å². The number of aromatic nitrogens is 1. The topological polar surface area (TPSA) is 68.3 Å². The summed E-state index contributed by atoms with van der Waals surface area (Å²) in [7, 11) is 0. The number of hydrogen-bond acceptors (Lipinski definition) is 3. The molecule has 1 aromatic heterocycles.